The number of aryl methyl sites for hydroxylation is 1. The summed E-state index contributed by atoms with van der Waals surface area (Å²) in [4.78, 5) is 5.84. The Morgan fingerprint density at radius 3 is 2.47 bits per heavy atom. The summed E-state index contributed by atoms with van der Waals surface area (Å²) in [5.41, 5.74) is 3.19. The maximum absolute atomic E-state index is 4.39. The third kappa shape index (κ3) is 6.53. The van der Waals surface area contributed by atoms with Crippen molar-refractivity contribution in [2.24, 2.45) is 0 Å². The summed E-state index contributed by atoms with van der Waals surface area (Å²) in [7, 11) is 0. The maximum Gasteiger partial charge on any atom is 0.0798 e. The van der Waals surface area contributed by atoms with Crippen LogP contribution in [0.3, 0.4) is 0 Å². The zero-order chi connectivity index (χ0) is 13.9. The number of nitrogens with zero attached hydrogens (tertiary/aromatic N) is 1. The van der Waals surface area contributed by atoms with Gasteiger partial charge in [-0.3, -0.25) is 0 Å². The Labute approximate surface area is 123 Å². The zero-order valence-electron chi connectivity index (χ0n) is 12.9. The zero-order valence-corrected chi connectivity index (χ0v) is 13.7. The lowest BCUT2D eigenvalue weighted by Gasteiger charge is -2.17. The minimum atomic E-state index is 0.527. The first-order valence-electron chi connectivity index (χ1n) is 7.92. The van der Waals surface area contributed by atoms with Gasteiger partial charge in [0.25, 0.3) is 0 Å². The highest BCUT2D eigenvalue weighted by atomic mass is 32.1. The number of unbranched alkanes of at least 4 members (excludes halogenated alkanes) is 5. The minimum absolute atomic E-state index is 0.527. The largest absolute Gasteiger partial charge is 0.309 e. The minimum Gasteiger partial charge on any atom is -0.309 e. The van der Waals surface area contributed by atoms with Crippen LogP contribution in [0.15, 0.2) is 5.51 Å². The van der Waals surface area contributed by atoms with Crippen molar-refractivity contribution in [2.45, 2.75) is 78.2 Å². The maximum atomic E-state index is 4.39. The van der Waals surface area contributed by atoms with E-state index in [2.05, 4.69) is 31.1 Å². The first-order valence-corrected chi connectivity index (χ1v) is 8.80. The molecule has 0 aromatic carbocycles. The van der Waals surface area contributed by atoms with Crippen LogP contribution in [0.25, 0.3) is 0 Å². The van der Waals surface area contributed by atoms with Crippen molar-refractivity contribution in [3.63, 3.8) is 0 Å². The molecule has 0 spiro atoms. The Bertz CT molecular complexity index is 322. The molecule has 0 aliphatic heterocycles. The topological polar surface area (TPSA) is 24.9 Å². The van der Waals surface area contributed by atoms with Crippen LogP contribution in [0.5, 0.6) is 0 Å². The summed E-state index contributed by atoms with van der Waals surface area (Å²) < 4.78 is 0. The van der Waals surface area contributed by atoms with E-state index in [1.807, 2.05) is 5.51 Å². The van der Waals surface area contributed by atoms with E-state index >= 15 is 0 Å². The van der Waals surface area contributed by atoms with Crippen molar-refractivity contribution in [3.8, 4) is 0 Å². The van der Waals surface area contributed by atoms with Crippen LogP contribution in [0.2, 0.25) is 0 Å². The molecule has 0 amide bonds. The third-order valence-electron chi connectivity index (χ3n) is 3.59. The molecule has 1 unspecified atom stereocenters. The summed E-state index contributed by atoms with van der Waals surface area (Å²) in [5, 5.41) is 3.69. The van der Waals surface area contributed by atoms with E-state index in [1.165, 1.54) is 61.9 Å². The molecule has 0 aliphatic rings. The number of hydrogen-bond donors (Lipinski definition) is 1. The second-order valence-corrected chi connectivity index (χ2v) is 6.25. The molecule has 0 radical (unpaired) electrons. The SMILES string of the molecule is CCCCCCCCC(NCCC)c1scnc1C. The van der Waals surface area contributed by atoms with Gasteiger partial charge in [0.15, 0.2) is 0 Å². The quantitative estimate of drug-likeness (QED) is 0.561. The number of aromatic nitrogens is 1. The lowest BCUT2D eigenvalue weighted by Crippen LogP contribution is -2.22. The van der Waals surface area contributed by atoms with Crippen LogP contribution in [0, 0.1) is 6.92 Å². The Hall–Kier alpha value is -0.410. The van der Waals surface area contributed by atoms with Crippen molar-refractivity contribution in [3.05, 3.63) is 16.1 Å². The summed E-state index contributed by atoms with van der Waals surface area (Å²) >= 11 is 1.81. The van der Waals surface area contributed by atoms with Crippen LogP contribution in [-0.2, 0) is 0 Å². The van der Waals surface area contributed by atoms with Crippen LogP contribution >= 0.6 is 11.3 Å². The number of thiazole rings is 1. The molecule has 0 fully saturated rings. The van der Waals surface area contributed by atoms with Crippen LogP contribution < -0.4 is 5.32 Å². The van der Waals surface area contributed by atoms with E-state index in [4.69, 9.17) is 0 Å². The van der Waals surface area contributed by atoms with Crippen LogP contribution in [-0.4, -0.2) is 11.5 Å². The first-order chi connectivity index (χ1) is 9.29. The van der Waals surface area contributed by atoms with Crippen molar-refractivity contribution in [2.75, 3.05) is 6.54 Å². The second kappa shape index (κ2) is 10.4. The van der Waals surface area contributed by atoms with Gasteiger partial charge in [0.1, 0.15) is 0 Å². The molecule has 0 saturated carbocycles. The van der Waals surface area contributed by atoms with Crippen molar-refractivity contribution in [1.82, 2.24) is 10.3 Å². The lowest BCUT2D eigenvalue weighted by molar-refractivity contribution is 0.470. The molecule has 1 N–H and O–H groups in total. The highest BCUT2D eigenvalue weighted by Crippen LogP contribution is 2.26. The van der Waals surface area contributed by atoms with Gasteiger partial charge in [-0.2, -0.15) is 0 Å². The Balaban J connectivity index is 2.32. The van der Waals surface area contributed by atoms with Gasteiger partial charge in [0.05, 0.1) is 11.2 Å². The van der Waals surface area contributed by atoms with E-state index in [-0.39, 0.29) is 0 Å². The molecule has 1 atom stereocenters. The fourth-order valence-electron chi connectivity index (χ4n) is 2.42. The van der Waals surface area contributed by atoms with Crippen LogP contribution in [0.1, 0.15) is 81.8 Å². The average Bonchev–Trinajstić information content (AvgIpc) is 2.83. The van der Waals surface area contributed by atoms with Crippen molar-refractivity contribution < 1.29 is 0 Å². The molecule has 0 saturated heterocycles. The Morgan fingerprint density at radius 2 is 1.84 bits per heavy atom. The molecule has 1 rings (SSSR count). The molecular weight excluding hydrogens is 252 g/mol. The molecule has 110 valence electrons. The van der Waals surface area contributed by atoms with Crippen LogP contribution in [0.4, 0.5) is 0 Å². The molecule has 19 heavy (non-hydrogen) atoms. The van der Waals surface area contributed by atoms with Gasteiger partial charge in [-0.25, -0.2) is 4.98 Å². The molecule has 1 aromatic rings. The molecule has 2 nitrogen and oxygen atoms in total. The lowest BCUT2D eigenvalue weighted by atomic mass is 10.0. The number of nitrogens with one attached hydrogen (secondary N) is 1. The van der Waals surface area contributed by atoms with E-state index in [9.17, 15) is 0 Å². The molecular formula is C16H30N2S. The van der Waals surface area contributed by atoms with Gasteiger partial charge < -0.3 is 5.32 Å². The smallest absolute Gasteiger partial charge is 0.0798 e. The van der Waals surface area contributed by atoms with E-state index in [1.54, 1.807) is 11.3 Å². The average molecular weight is 282 g/mol. The fourth-order valence-corrected chi connectivity index (χ4v) is 3.33. The van der Waals surface area contributed by atoms with Gasteiger partial charge >= 0.3 is 0 Å². The summed E-state index contributed by atoms with van der Waals surface area (Å²) in [6.07, 6.45) is 10.7. The third-order valence-corrected chi connectivity index (χ3v) is 4.63. The standard InChI is InChI=1S/C16H30N2S/c1-4-6-7-8-9-10-11-15(17-12-5-2)16-14(3)18-13-19-16/h13,15,17H,4-12H2,1-3H3. The van der Waals surface area contributed by atoms with E-state index in [0.717, 1.165) is 6.54 Å². The fraction of sp³-hybridized carbons (Fsp3) is 0.812. The molecule has 0 aliphatic carbocycles. The predicted molar refractivity (Wildman–Crippen MR) is 85.9 cm³/mol. The normalized spacial score (nSPS) is 12.8. The Morgan fingerprint density at radius 1 is 1.11 bits per heavy atom. The summed E-state index contributed by atoms with van der Waals surface area (Å²) in [6, 6.07) is 0.527. The van der Waals surface area contributed by atoms with Crippen molar-refractivity contribution in [1.29, 1.82) is 0 Å². The molecule has 3 heteroatoms. The van der Waals surface area contributed by atoms with E-state index < -0.39 is 0 Å². The summed E-state index contributed by atoms with van der Waals surface area (Å²) in [5.74, 6) is 0. The highest BCUT2D eigenvalue weighted by molar-refractivity contribution is 7.09. The van der Waals surface area contributed by atoms with Gasteiger partial charge in [-0.05, 0) is 26.3 Å². The Kier molecular flexibility index (Phi) is 9.10. The first kappa shape index (κ1) is 16.6. The molecule has 1 aromatic heterocycles. The van der Waals surface area contributed by atoms with Gasteiger partial charge in [0, 0.05) is 10.9 Å². The number of rotatable bonds is 11. The van der Waals surface area contributed by atoms with Gasteiger partial charge in [-0.1, -0.05) is 52.4 Å². The monoisotopic (exact) mass is 282 g/mol. The predicted octanol–water partition coefficient (Wildman–Crippen LogP) is 5.24. The summed E-state index contributed by atoms with van der Waals surface area (Å²) in [6.45, 7) is 7.75. The van der Waals surface area contributed by atoms with Gasteiger partial charge in [-0.15, -0.1) is 11.3 Å². The van der Waals surface area contributed by atoms with Gasteiger partial charge in [0.2, 0.25) is 0 Å². The molecule has 1 heterocycles. The van der Waals surface area contributed by atoms with E-state index in [0.29, 0.717) is 6.04 Å². The number of hydrogen-bond acceptors (Lipinski definition) is 3. The highest BCUT2D eigenvalue weighted by Gasteiger charge is 2.14. The van der Waals surface area contributed by atoms with Crippen molar-refractivity contribution >= 4 is 11.3 Å². The molecule has 0 bridgehead atoms. The second-order valence-electron chi connectivity index (χ2n) is 5.37.